The van der Waals surface area contributed by atoms with Crippen LogP contribution in [0.4, 0.5) is 0 Å². The Hall–Kier alpha value is -1.38. The van der Waals surface area contributed by atoms with Crippen LogP contribution in [0.1, 0.15) is 11.4 Å². The van der Waals surface area contributed by atoms with Crippen LogP contribution in [0.3, 0.4) is 0 Å². The molecule has 1 aromatic heterocycles. The molecular weight excluding hydrogens is 140 g/mol. The fourth-order valence-electron chi connectivity index (χ4n) is 0.774. The van der Waals surface area contributed by atoms with Crippen LogP contribution in [-0.2, 0) is 4.74 Å². The van der Waals surface area contributed by atoms with E-state index < -0.39 is 0 Å². The minimum atomic E-state index is 0.105. The Morgan fingerprint density at radius 2 is 2.27 bits per heavy atom. The molecule has 11 heavy (non-hydrogen) atoms. The van der Waals surface area contributed by atoms with Crippen LogP contribution in [-0.4, -0.2) is 18.0 Å². The molecule has 0 radical (unpaired) electrons. The van der Waals surface area contributed by atoms with Crippen molar-refractivity contribution >= 4 is 5.90 Å². The van der Waals surface area contributed by atoms with Crippen molar-refractivity contribution in [2.24, 2.45) is 0 Å². The fraction of sp³-hybridized carbons (Fsp3) is 0.250. The quantitative estimate of drug-likeness (QED) is 0.485. The van der Waals surface area contributed by atoms with E-state index in [-0.39, 0.29) is 5.90 Å². The standard InChI is InChI=1S/C8H10N2O/c1-6-4-3-5-7(10-6)8(9)11-2/h3-5,9H,1-2H3. The Balaban J connectivity index is 2.96. The third kappa shape index (κ3) is 1.77. The summed E-state index contributed by atoms with van der Waals surface area (Å²) < 4.78 is 4.71. The molecule has 3 nitrogen and oxygen atoms in total. The Kier molecular flexibility index (Phi) is 2.21. The summed E-state index contributed by atoms with van der Waals surface area (Å²) in [6.07, 6.45) is 0. The molecule has 58 valence electrons. The maximum atomic E-state index is 7.29. The zero-order valence-electron chi connectivity index (χ0n) is 6.59. The van der Waals surface area contributed by atoms with E-state index in [1.807, 2.05) is 19.1 Å². The van der Waals surface area contributed by atoms with Gasteiger partial charge in [-0.25, -0.2) is 4.98 Å². The molecule has 1 aromatic rings. The smallest absolute Gasteiger partial charge is 0.232 e. The van der Waals surface area contributed by atoms with Gasteiger partial charge in [0.2, 0.25) is 5.90 Å². The largest absolute Gasteiger partial charge is 0.480 e. The monoisotopic (exact) mass is 150 g/mol. The van der Waals surface area contributed by atoms with Crippen molar-refractivity contribution in [2.45, 2.75) is 6.92 Å². The van der Waals surface area contributed by atoms with Crippen molar-refractivity contribution in [1.29, 1.82) is 5.41 Å². The fourth-order valence-corrected chi connectivity index (χ4v) is 0.774. The summed E-state index contributed by atoms with van der Waals surface area (Å²) in [7, 11) is 1.46. The molecule has 0 fully saturated rings. The summed E-state index contributed by atoms with van der Waals surface area (Å²) >= 11 is 0. The molecule has 1 N–H and O–H groups in total. The average molecular weight is 150 g/mol. The van der Waals surface area contributed by atoms with Crippen LogP contribution in [0, 0.1) is 12.3 Å². The second kappa shape index (κ2) is 3.14. The highest BCUT2D eigenvalue weighted by Crippen LogP contribution is 1.98. The minimum Gasteiger partial charge on any atom is -0.480 e. The number of hydrogen-bond donors (Lipinski definition) is 1. The van der Waals surface area contributed by atoms with E-state index in [1.165, 1.54) is 7.11 Å². The lowest BCUT2D eigenvalue weighted by Gasteiger charge is -2.00. The molecule has 3 heteroatoms. The van der Waals surface area contributed by atoms with Gasteiger partial charge >= 0.3 is 0 Å². The minimum absolute atomic E-state index is 0.105. The van der Waals surface area contributed by atoms with Crippen molar-refractivity contribution < 1.29 is 4.74 Å². The first-order valence-electron chi connectivity index (χ1n) is 3.30. The van der Waals surface area contributed by atoms with Crippen LogP contribution >= 0.6 is 0 Å². The zero-order chi connectivity index (χ0) is 8.27. The first-order valence-corrected chi connectivity index (χ1v) is 3.30. The van der Waals surface area contributed by atoms with Gasteiger partial charge in [0.25, 0.3) is 0 Å². The van der Waals surface area contributed by atoms with Gasteiger partial charge in [0.05, 0.1) is 7.11 Å². The molecular formula is C8H10N2O. The van der Waals surface area contributed by atoms with Gasteiger partial charge in [0.15, 0.2) is 0 Å². The van der Waals surface area contributed by atoms with Crippen molar-refractivity contribution in [3.8, 4) is 0 Å². The maximum absolute atomic E-state index is 7.29. The highest BCUT2D eigenvalue weighted by Gasteiger charge is 2.00. The summed E-state index contributed by atoms with van der Waals surface area (Å²) in [5, 5.41) is 7.29. The molecule has 1 rings (SSSR count). The molecule has 0 unspecified atom stereocenters. The lowest BCUT2D eigenvalue weighted by molar-refractivity contribution is 0.399. The topological polar surface area (TPSA) is 46.0 Å². The van der Waals surface area contributed by atoms with E-state index in [1.54, 1.807) is 6.07 Å². The number of aromatic nitrogens is 1. The van der Waals surface area contributed by atoms with E-state index >= 15 is 0 Å². The molecule has 0 saturated heterocycles. The molecule has 0 aliphatic rings. The third-order valence-electron chi connectivity index (χ3n) is 1.33. The molecule has 0 aromatic carbocycles. The molecule has 0 atom stereocenters. The van der Waals surface area contributed by atoms with E-state index in [4.69, 9.17) is 10.1 Å². The van der Waals surface area contributed by atoms with Gasteiger partial charge in [-0.3, -0.25) is 5.41 Å². The predicted molar refractivity (Wildman–Crippen MR) is 42.8 cm³/mol. The predicted octanol–water partition coefficient (Wildman–Crippen LogP) is 1.36. The second-order valence-electron chi connectivity index (χ2n) is 2.20. The van der Waals surface area contributed by atoms with Gasteiger partial charge in [-0.1, -0.05) is 6.07 Å². The van der Waals surface area contributed by atoms with Crippen LogP contribution in [0.15, 0.2) is 18.2 Å². The number of hydrogen-bond acceptors (Lipinski definition) is 3. The van der Waals surface area contributed by atoms with Gasteiger partial charge in [0.1, 0.15) is 5.69 Å². The summed E-state index contributed by atoms with van der Waals surface area (Å²) in [5.74, 6) is 0.105. The lowest BCUT2D eigenvalue weighted by atomic mass is 10.3. The Bertz CT molecular complexity index is 271. The highest BCUT2D eigenvalue weighted by molar-refractivity contribution is 5.89. The number of nitrogens with one attached hydrogen (secondary N) is 1. The number of rotatable bonds is 1. The number of aryl methyl sites for hydroxylation is 1. The highest BCUT2D eigenvalue weighted by atomic mass is 16.5. The lowest BCUT2D eigenvalue weighted by Crippen LogP contribution is -2.04. The van der Waals surface area contributed by atoms with Crippen LogP contribution in [0.25, 0.3) is 0 Å². The SMILES string of the molecule is COC(=N)c1cccc(C)n1. The number of methoxy groups -OCH3 is 1. The normalized spacial score (nSPS) is 9.27. The number of nitrogens with zero attached hydrogens (tertiary/aromatic N) is 1. The molecule has 0 saturated carbocycles. The molecule has 0 bridgehead atoms. The number of ether oxygens (including phenoxy) is 1. The van der Waals surface area contributed by atoms with Gasteiger partial charge < -0.3 is 4.74 Å². The van der Waals surface area contributed by atoms with Crippen molar-refractivity contribution in [1.82, 2.24) is 4.98 Å². The van der Waals surface area contributed by atoms with Crippen molar-refractivity contribution in [2.75, 3.05) is 7.11 Å². The summed E-state index contributed by atoms with van der Waals surface area (Å²) in [6.45, 7) is 1.88. The third-order valence-corrected chi connectivity index (χ3v) is 1.33. The van der Waals surface area contributed by atoms with Crippen LogP contribution in [0.5, 0.6) is 0 Å². The Morgan fingerprint density at radius 1 is 1.55 bits per heavy atom. The molecule has 0 aliphatic carbocycles. The van der Waals surface area contributed by atoms with E-state index in [0.29, 0.717) is 5.69 Å². The van der Waals surface area contributed by atoms with Crippen LogP contribution in [0.2, 0.25) is 0 Å². The first-order chi connectivity index (χ1) is 5.24. The molecule has 0 aliphatic heterocycles. The first kappa shape index (κ1) is 7.72. The van der Waals surface area contributed by atoms with Gasteiger partial charge in [0, 0.05) is 5.69 Å². The maximum Gasteiger partial charge on any atom is 0.232 e. The van der Waals surface area contributed by atoms with E-state index in [2.05, 4.69) is 4.98 Å². The van der Waals surface area contributed by atoms with Gasteiger partial charge in [-0.15, -0.1) is 0 Å². The van der Waals surface area contributed by atoms with E-state index in [0.717, 1.165) is 5.69 Å². The van der Waals surface area contributed by atoms with Crippen molar-refractivity contribution in [3.63, 3.8) is 0 Å². The summed E-state index contributed by atoms with van der Waals surface area (Å²) in [6, 6.07) is 5.48. The Morgan fingerprint density at radius 3 is 2.82 bits per heavy atom. The second-order valence-corrected chi connectivity index (χ2v) is 2.20. The van der Waals surface area contributed by atoms with Crippen molar-refractivity contribution in [3.05, 3.63) is 29.6 Å². The van der Waals surface area contributed by atoms with Crippen LogP contribution < -0.4 is 0 Å². The van der Waals surface area contributed by atoms with Gasteiger partial charge in [-0.2, -0.15) is 0 Å². The zero-order valence-corrected chi connectivity index (χ0v) is 6.59. The molecule has 1 heterocycles. The Labute approximate surface area is 65.5 Å². The summed E-state index contributed by atoms with van der Waals surface area (Å²) in [5.41, 5.74) is 1.47. The molecule has 0 amide bonds. The number of pyridine rings is 1. The summed E-state index contributed by atoms with van der Waals surface area (Å²) in [4.78, 5) is 4.09. The molecule has 0 spiro atoms. The van der Waals surface area contributed by atoms with E-state index in [9.17, 15) is 0 Å². The average Bonchev–Trinajstić information content (AvgIpc) is 2.03. The van der Waals surface area contributed by atoms with Gasteiger partial charge in [-0.05, 0) is 19.1 Å².